The molecule has 1 atom stereocenters. The Kier molecular flexibility index (Phi) is 14.3. The summed E-state index contributed by atoms with van der Waals surface area (Å²) in [6, 6.07) is 9.79. The van der Waals surface area contributed by atoms with Crippen LogP contribution in [0.15, 0.2) is 30.3 Å². The summed E-state index contributed by atoms with van der Waals surface area (Å²) < 4.78 is 10.1. The molecule has 2 N–H and O–H groups in total. The average Bonchev–Trinajstić information content (AvgIpc) is 2.75. The number of unbranched alkanes of at least 4 members (excludes halogenated alkanes) is 9. The second-order valence-corrected chi connectivity index (χ2v) is 7.48. The van der Waals surface area contributed by atoms with Gasteiger partial charge in [0.2, 0.25) is 0 Å². The number of benzene rings is 1. The van der Waals surface area contributed by atoms with Gasteiger partial charge < -0.3 is 9.47 Å². The van der Waals surface area contributed by atoms with Crippen LogP contribution in [0.2, 0.25) is 0 Å². The number of hydrogen-bond acceptors (Lipinski definition) is 4. The van der Waals surface area contributed by atoms with E-state index in [1.165, 1.54) is 51.4 Å². The number of rotatable bonds is 14. The molecule has 0 aliphatic rings. The molecule has 0 saturated carbocycles. The molecule has 6 heteroatoms. The molecule has 1 rings (SSSR count). The zero-order valence-electron chi connectivity index (χ0n) is 18.1. The number of ether oxygens (including phenoxy) is 2. The summed E-state index contributed by atoms with van der Waals surface area (Å²) in [5.74, 6) is 0.0743. The van der Waals surface area contributed by atoms with Gasteiger partial charge in [0.1, 0.15) is 0 Å². The molecule has 164 valence electrons. The molecule has 1 unspecified atom stereocenters. The van der Waals surface area contributed by atoms with Crippen LogP contribution in [0.4, 0.5) is 9.59 Å². The van der Waals surface area contributed by atoms with Gasteiger partial charge in [-0.1, -0.05) is 102 Å². The van der Waals surface area contributed by atoms with Crippen LogP contribution in [-0.4, -0.2) is 25.4 Å². The third kappa shape index (κ3) is 13.6. The van der Waals surface area contributed by atoms with Crippen molar-refractivity contribution in [2.24, 2.45) is 0 Å². The van der Waals surface area contributed by atoms with E-state index in [4.69, 9.17) is 9.47 Å². The Balaban J connectivity index is 1.93. The number of nitrogens with one attached hydrogen (secondary N) is 2. The van der Waals surface area contributed by atoms with Crippen molar-refractivity contribution < 1.29 is 19.1 Å². The molecule has 0 fully saturated rings. The molecule has 0 aliphatic carbocycles. The molecule has 0 aliphatic heterocycles. The second-order valence-electron chi connectivity index (χ2n) is 7.48. The van der Waals surface area contributed by atoms with Crippen LogP contribution < -0.4 is 10.9 Å². The fraction of sp³-hybridized carbons (Fsp3) is 0.652. The maximum atomic E-state index is 11.6. The number of carbonyl (C=O) groups excluding carboxylic acids is 2. The van der Waals surface area contributed by atoms with Gasteiger partial charge in [0.05, 0.1) is 13.2 Å². The van der Waals surface area contributed by atoms with Crippen molar-refractivity contribution in [3.05, 3.63) is 35.9 Å². The van der Waals surface area contributed by atoms with Crippen LogP contribution in [0.3, 0.4) is 0 Å². The van der Waals surface area contributed by atoms with Crippen LogP contribution in [0.1, 0.15) is 89.5 Å². The predicted octanol–water partition coefficient (Wildman–Crippen LogP) is 6.08. The van der Waals surface area contributed by atoms with E-state index in [1.54, 1.807) is 0 Å². The zero-order valence-corrected chi connectivity index (χ0v) is 18.1. The maximum Gasteiger partial charge on any atom is 0.426 e. The Labute approximate surface area is 175 Å². The summed E-state index contributed by atoms with van der Waals surface area (Å²) in [6.45, 7) is 4.78. The van der Waals surface area contributed by atoms with E-state index in [0.717, 1.165) is 18.4 Å². The Bertz CT molecular complexity index is 551. The fourth-order valence-electron chi connectivity index (χ4n) is 3.01. The van der Waals surface area contributed by atoms with Crippen molar-refractivity contribution in [1.29, 1.82) is 0 Å². The summed E-state index contributed by atoms with van der Waals surface area (Å²) >= 11 is 0. The molecule has 0 spiro atoms. The van der Waals surface area contributed by atoms with E-state index in [2.05, 4.69) is 17.8 Å². The van der Waals surface area contributed by atoms with E-state index in [-0.39, 0.29) is 12.5 Å². The zero-order chi connectivity index (χ0) is 21.2. The van der Waals surface area contributed by atoms with Gasteiger partial charge in [0.25, 0.3) is 0 Å². The van der Waals surface area contributed by atoms with Gasteiger partial charge in [-0.15, -0.1) is 0 Å². The highest BCUT2D eigenvalue weighted by atomic mass is 16.6. The minimum absolute atomic E-state index is 0.0743. The predicted molar refractivity (Wildman–Crippen MR) is 116 cm³/mol. The van der Waals surface area contributed by atoms with Crippen molar-refractivity contribution >= 4 is 12.2 Å². The number of hydrogen-bond donors (Lipinski definition) is 2. The van der Waals surface area contributed by atoms with Gasteiger partial charge in [-0.2, -0.15) is 0 Å². The first kappa shape index (κ1) is 24.8. The van der Waals surface area contributed by atoms with Crippen LogP contribution in [0, 0.1) is 0 Å². The quantitative estimate of drug-likeness (QED) is 0.290. The molecular weight excluding hydrogens is 368 g/mol. The lowest BCUT2D eigenvalue weighted by Gasteiger charge is -2.13. The Morgan fingerprint density at radius 1 is 0.793 bits per heavy atom. The Hall–Kier alpha value is -2.24. The maximum absolute atomic E-state index is 11.6. The minimum atomic E-state index is -0.705. The van der Waals surface area contributed by atoms with Crippen LogP contribution in [0.5, 0.6) is 0 Å². The summed E-state index contributed by atoms with van der Waals surface area (Å²) in [7, 11) is 0. The largest absolute Gasteiger partial charge is 0.448 e. The first-order valence-electron chi connectivity index (χ1n) is 11.0. The fourth-order valence-corrected chi connectivity index (χ4v) is 3.01. The van der Waals surface area contributed by atoms with Gasteiger partial charge in [0, 0.05) is 5.92 Å². The standard InChI is InChI=1S/C23H38N2O4/c1-3-4-5-6-7-8-9-10-11-15-18-28-22(26)24-25-23(27)29-19-20(2)21-16-13-12-14-17-21/h12-14,16-17,20H,3-11,15,18-19H2,1-2H3,(H,24,26)(H,25,27). The lowest BCUT2D eigenvalue weighted by atomic mass is 10.0. The second kappa shape index (κ2) is 16.7. The first-order chi connectivity index (χ1) is 14.1. The number of hydrazine groups is 1. The summed E-state index contributed by atoms with van der Waals surface area (Å²) in [5, 5.41) is 0. The molecule has 0 saturated heterocycles. The van der Waals surface area contributed by atoms with Crippen LogP contribution >= 0.6 is 0 Å². The first-order valence-corrected chi connectivity index (χ1v) is 11.0. The molecule has 2 amide bonds. The highest BCUT2D eigenvalue weighted by molar-refractivity contribution is 5.73. The molecule has 1 aromatic carbocycles. The van der Waals surface area contributed by atoms with E-state index in [9.17, 15) is 9.59 Å². The summed E-state index contributed by atoms with van der Waals surface area (Å²) in [4.78, 5) is 23.2. The molecule has 6 nitrogen and oxygen atoms in total. The van der Waals surface area contributed by atoms with E-state index >= 15 is 0 Å². The van der Waals surface area contributed by atoms with Crippen LogP contribution in [-0.2, 0) is 9.47 Å². The highest BCUT2D eigenvalue weighted by Crippen LogP contribution is 2.14. The van der Waals surface area contributed by atoms with Gasteiger partial charge >= 0.3 is 12.2 Å². The molecule has 0 radical (unpaired) electrons. The van der Waals surface area contributed by atoms with E-state index < -0.39 is 12.2 Å². The van der Waals surface area contributed by atoms with Gasteiger partial charge in [-0.25, -0.2) is 20.4 Å². The van der Waals surface area contributed by atoms with Crippen molar-refractivity contribution in [2.45, 2.75) is 84.0 Å². The van der Waals surface area contributed by atoms with Crippen molar-refractivity contribution in [2.75, 3.05) is 13.2 Å². The van der Waals surface area contributed by atoms with Crippen molar-refractivity contribution in [3.8, 4) is 0 Å². The third-order valence-corrected chi connectivity index (χ3v) is 4.83. The minimum Gasteiger partial charge on any atom is -0.448 e. The number of carbonyl (C=O) groups is 2. The topological polar surface area (TPSA) is 76.7 Å². The van der Waals surface area contributed by atoms with Crippen molar-refractivity contribution in [1.82, 2.24) is 10.9 Å². The molecule has 29 heavy (non-hydrogen) atoms. The average molecular weight is 407 g/mol. The van der Waals surface area contributed by atoms with Gasteiger partial charge in [0.15, 0.2) is 0 Å². The number of amides is 2. The summed E-state index contributed by atoms with van der Waals surface area (Å²) in [5.41, 5.74) is 5.48. The lowest BCUT2D eigenvalue weighted by molar-refractivity contribution is 0.120. The van der Waals surface area contributed by atoms with Crippen molar-refractivity contribution in [3.63, 3.8) is 0 Å². The Morgan fingerprint density at radius 3 is 1.90 bits per heavy atom. The summed E-state index contributed by atoms with van der Waals surface area (Å²) in [6.07, 6.45) is 10.9. The van der Waals surface area contributed by atoms with E-state index in [1.807, 2.05) is 37.3 Å². The third-order valence-electron chi connectivity index (χ3n) is 4.83. The molecule has 0 aromatic heterocycles. The van der Waals surface area contributed by atoms with Gasteiger partial charge in [-0.3, -0.25) is 0 Å². The molecule has 0 heterocycles. The smallest absolute Gasteiger partial charge is 0.426 e. The lowest BCUT2D eigenvalue weighted by Crippen LogP contribution is -2.42. The molecule has 1 aromatic rings. The highest BCUT2D eigenvalue weighted by Gasteiger charge is 2.10. The van der Waals surface area contributed by atoms with Crippen LogP contribution in [0.25, 0.3) is 0 Å². The molecule has 0 bridgehead atoms. The monoisotopic (exact) mass is 406 g/mol. The normalized spacial score (nSPS) is 11.5. The SMILES string of the molecule is CCCCCCCCCCCCOC(=O)NNC(=O)OCC(C)c1ccccc1. The molecular formula is C23H38N2O4. The van der Waals surface area contributed by atoms with E-state index in [0.29, 0.717) is 6.61 Å². The Morgan fingerprint density at radius 2 is 1.31 bits per heavy atom. The van der Waals surface area contributed by atoms with Gasteiger partial charge in [-0.05, 0) is 12.0 Å².